The molecular weight excluding hydrogens is 262 g/mol. The second-order valence-corrected chi connectivity index (χ2v) is 5.05. The predicted molar refractivity (Wildman–Crippen MR) is 87.6 cm³/mol. The van der Waals surface area contributed by atoms with E-state index in [0.717, 1.165) is 30.7 Å². The lowest BCUT2D eigenvalue weighted by molar-refractivity contribution is 0.160. The van der Waals surface area contributed by atoms with Crippen molar-refractivity contribution in [3.05, 3.63) is 41.7 Å². The van der Waals surface area contributed by atoms with Crippen LogP contribution in [0.2, 0.25) is 0 Å². The van der Waals surface area contributed by atoms with Gasteiger partial charge in [0.25, 0.3) is 0 Å². The molecule has 2 rings (SSSR count). The molecule has 0 N–H and O–H groups in total. The van der Waals surface area contributed by atoms with Gasteiger partial charge in [0, 0.05) is 12.8 Å². The standard InChI is InChI=1S/C17H23N3O/c1-4-21-18-12-7-8-14(2)11-13-20-15(3)19-16-9-5-6-10-17(16)20/h5-6,9-12H,4,7-8,13H2,1-3H3. The molecule has 0 fully saturated rings. The van der Waals surface area contributed by atoms with Gasteiger partial charge in [-0.2, -0.15) is 0 Å². The minimum absolute atomic E-state index is 0.623. The molecule has 112 valence electrons. The summed E-state index contributed by atoms with van der Waals surface area (Å²) in [6, 6.07) is 8.26. The first-order chi connectivity index (χ1) is 10.2. The molecule has 1 aromatic carbocycles. The third-order valence-corrected chi connectivity index (χ3v) is 3.41. The first-order valence-electron chi connectivity index (χ1n) is 7.43. The van der Waals surface area contributed by atoms with Crippen LogP contribution in [-0.2, 0) is 11.4 Å². The van der Waals surface area contributed by atoms with E-state index in [9.17, 15) is 0 Å². The zero-order chi connectivity index (χ0) is 15.1. The van der Waals surface area contributed by atoms with E-state index >= 15 is 0 Å². The minimum Gasteiger partial charge on any atom is -0.396 e. The lowest BCUT2D eigenvalue weighted by atomic mass is 10.1. The molecule has 0 radical (unpaired) electrons. The molecule has 0 aliphatic rings. The molecule has 0 aliphatic heterocycles. The van der Waals surface area contributed by atoms with E-state index < -0.39 is 0 Å². The molecule has 0 saturated heterocycles. The van der Waals surface area contributed by atoms with Gasteiger partial charge in [-0.25, -0.2) is 4.98 Å². The maximum atomic E-state index is 4.94. The zero-order valence-corrected chi connectivity index (χ0v) is 13.0. The summed E-state index contributed by atoms with van der Waals surface area (Å²) in [5.74, 6) is 1.05. The fourth-order valence-corrected chi connectivity index (χ4v) is 2.25. The van der Waals surface area contributed by atoms with Crippen LogP contribution in [0.4, 0.5) is 0 Å². The van der Waals surface area contributed by atoms with Gasteiger partial charge in [0.1, 0.15) is 12.4 Å². The van der Waals surface area contributed by atoms with E-state index in [1.54, 1.807) is 0 Å². The number of oxime groups is 1. The van der Waals surface area contributed by atoms with E-state index in [1.165, 1.54) is 11.1 Å². The number of hydrogen-bond donors (Lipinski definition) is 0. The summed E-state index contributed by atoms with van der Waals surface area (Å²) in [7, 11) is 0. The maximum Gasteiger partial charge on any atom is 0.114 e. The molecule has 21 heavy (non-hydrogen) atoms. The Balaban J connectivity index is 1.97. The summed E-state index contributed by atoms with van der Waals surface area (Å²) in [5, 5.41) is 3.86. The van der Waals surface area contributed by atoms with Crippen molar-refractivity contribution in [2.75, 3.05) is 6.61 Å². The summed E-state index contributed by atoms with van der Waals surface area (Å²) in [4.78, 5) is 9.52. The van der Waals surface area contributed by atoms with Gasteiger partial charge < -0.3 is 9.40 Å². The van der Waals surface area contributed by atoms with E-state index in [1.807, 2.05) is 19.2 Å². The SMILES string of the molecule is CCON=CCCC(C)=CCn1c(C)nc2ccccc21. The first-order valence-corrected chi connectivity index (χ1v) is 7.43. The highest BCUT2D eigenvalue weighted by Crippen LogP contribution is 2.16. The molecule has 0 saturated carbocycles. The van der Waals surface area contributed by atoms with E-state index in [2.05, 4.69) is 52.8 Å². The summed E-state index contributed by atoms with van der Waals surface area (Å²) in [6.07, 6.45) is 6.00. The van der Waals surface area contributed by atoms with Crippen LogP contribution in [0.15, 0.2) is 41.1 Å². The average Bonchev–Trinajstić information content (AvgIpc) is 2.80. The van der Waals surface area contributed by atoms with Gasteiger partial charge in [-0.05, 0) is 45.7 Å². The summed E-state index contributed by atoms with van der Waals surface area (Å²) in [5.41, 5.74) is 3.61. The third-order valence-electron chi connectivity index (χ3n) is 3.41. The highest BCUT2D eigenvalue weighted by molar-refractivity contribution is 5.75. The average molecular weight is 285 g/mol. The Hall–Kier alpha value is -2.10. The molecule has 0 unspecified atom stereocenters. The number of rotatable bonds is 7. The molecule has 0 aliphatic carbocycles. The Morgan fingerprint density at radius 3 is 3.00 bits per heavy atom. The van der Waals surface area contributed by atoms with Gasteiger partial charge in [-0.3, -0.25) is 0 Å². The van der Waals surface area contributed by atoms with Crippen molar-refractivity contribution in [1.82, 2.24) is 9.55 Å². The molecule has 2 aromatic rings. The smallest absolute Gasteiger partial charge is 0.114 e. The van der Waals surface area contributed by atoms with Crippen molar-refractivity contribution in [3.63, 3.8) is 0 Å². The zero-order valence-electron chi connectivity index (χ0n) is 13.0. The highest BCUT2D eigenvalue weighted by atomic mass is 16.6. The van der Waals surface area contributed by atoms with Crippen LogP contribution in [-0.4, -0.2) is 22.4 Å². The molecule has 1 heterocycles. The number of para-hydroxylation sites is 2. The minimum atomic E-state index is 0.623. The fraction of sp³-hybridized carbons (Fsp3) is 0.412. The predicted octanol–water partition coefficient (Wildman–Crippen LogP) is 4.09. The Morgan fingerprint density at radius 1 is 1.38 bits per heavy atom. The number of aromatic nitrogens is 2. The summed E-state index contributed by atoms with van der Waals surface area (Å²) < 4.78 is 2.24. The Kier molecular flexibility index (Phi) is 5.55. The van der Waals surface area contributed by atoms with Crippen LogP contribution in [0.25, 0.3) is 11.0 Å². The normalized spacial score (nSPS) is 12.4. The Labute approximate surface area is 126 Å². The topological polar surface area (TPSA) is 39.4 Å². The summed E-state index contributed by atoms with van der Waals surface area (Å²) in [6.45, 7) is 7.63. The van der Waals surface area contributed by atoms with Gasteiger partial charge in [0.05, 0.1) is 11.0 Å². The summed E-state index contributed by atoms with van der Waals surface area (Å²) >= 11 is 0. The quantitative estimate of drug-likeness (QED) is 0.436. The molecule has 4 heteroatoms. The van der Waals surface area contributed by atoms with Crippen LogP contribution in [0.1, 0.15) is 32.5 Å². The lowest BCUT2D eigenvalue weighted by Gasteiger charge is -2.04. The number of benzene rings is 1. The van der Waals surface area contributed by atoms with Crippen LogP contribution in [0.3, 0.4) is 0 Å². The highest BCUT2D eigenvalue weighted by Gasteiger charge is 2.04. The largest absolute Gasteiger partial charge is 0.396 e. The van der Waals surface area contributed by atoms with Crippen molar-refractivity contribution in [2.45, 2.75) is 40.2 Å². The van der Waals surface area contributed by atoms with Crippen LogP contribution < -0.4 is 0 Å². The molecule has 0 bridgehead atoms. The number of aryl methyl sites for hydroxylation is 1. The second kappa shape index (κ2) is 7.62. The molecular formula is C17H23N3O. The van der Waals surface area contributed by atoms with Gasteiger partial charge in [-0.1, -0.05) is 28.9 Å². The lowest BCUT2D eigenvalue weighted by Crippen LogP contribution is -1.98. The van der Waals surface area contributed by atoms with Crippen molar-refractivity contribution in [1.29, 1.82) is 0 Å². The molecule has 1 aromatic heterocycles. The van der Waals surface area contributed by atoms with Crippen molar-refractivity contribution in [2.24, 2.45) is 5.16 Å². The molecule has 0 atom stereocenters. The third kappa shape index (κ3) is 4.18. The van der Waals surface area contributed by atoms with E-state index in [0.29, 0.717) is 6.61 Å². The number of fused-ring (bicyclic) bond motifs is 1. The molecule has 0 amide bonds. The van der Waals surface area contributed by atoms with Gasteiger partial charge in [-0.15, -0.1) is 0 Å². The van der Waals surface area contributed by atoms with Crippen LogP contribution in [0, 0.1) is 6.92 Å². The first kappa shape index (κ1) is 15.3. The van der Waals surface area contributed by atoms with Crippen LogP contribution >= 0.6 is 0 Å². The fourth-order valence-electron chi connectivity index (χ4n) is 2.25. The van der Waals surface area contributed by atoms with Crippen molar-refractivity contribution >= 4 is 17.2 Å². The number of nitrogens with zero attached hydrogens (tertiary/aromatic N) is 3. The van der Waals surface area contributed by atoms with E-state index in [4.69, 9.17) is 4.84 Å². The van der Waals surface area contributed by atoms with Gasteiger partial charge in [0.15, 0.2) is 0 Å². The number of imidazole rings is 1. The molecule has 4 nitrogen and oxygen atoms in total. The Bertz CT molecular complexity index is 641. The van der Waals surface area contributed by atoms with E-state index in [-0.39, 0.29) is 0 Å². The Morgan fingerprint density at radius 2 is 2.19 bits per heavy atom. The number of allylic oxidation sites excluding steroid dienone is 2. The number of hydrogen-bond acceptors (Lipinski definition) is 3. The monoisotopic (exact) mass is 285 g/mol. The van der Waals surface area contributed by atoms with Crippen LogP contribution in [0.5, 0.6) is 0 Å². The second-order valence-electron chi connectivity index (χ2n) is 5.05. The van der Waals surface area contributed by atoms with Crippen molar-refractivity contribution in [3.8, 4) is 0 Å². The van der Waals surface area contributed by atoms with Gasteiger partial charge >= 0.3 is 0 Å². The van der Waals surface area contributed by atoms with Crippen molar-refractivity contribution < 1.29 is 4.84 Å². The van der Waals surface area contributed by atoms with Gasteiger partial charge in [0.2, 0.25) is 0 Å². The maximum absolute atomic E-state index is 4.94. The molecule has 0 spiro atoms.